The van der Waals surface area contributed by atoms with Gasteiger partial charge in [0.25, 0.3) is 5.54 Å². The van der Waals surface area contributed by atoms with Gasteiger partial charge in [0.2, 0.25) is 5.78 Å². The van der Waals surface area contributed by atoms with E-state index in [-0.39, 0.29) is 11.3 Å². The number of benzene rings is 1. The molecule has 0 aliphatic heterocycles. The summed E-state index contributed by atoms with van der Waals surface area (Å²) in [6, 6.07) is 5.78. The van der Waals surface area contributed by atoms with Gasteiger partial charge in [-0.3, -0.25) is 14.9 Å². The monoisotopic (exact) mass is 209 g/mol. The van der Waals surface area contributed by atoms with Crippen molar-refractivity contribution in [1.29, 1.82) is 0 Å². The van der Waals surface area contributed by atoms with Crippen molar-refractivity contribution in [3.8, 4) is 5.75 Å². The quantitative estimate of drug-likeness (QED) is 0.466. The van der Waals surface area contributed by atoms with Crippen LogP contribution in [0.3, 0.4) is 0 Å². The molecular weight excluding hydrogens is 198 g/mol. The van der Waals surface area contributed by atoms with Crippen molar-refractivity contribution in [2.24, 2.45) is 0 Å². The van der Waals surface area contributed by atoms with E-state index >= 15 is 0 Å². The van der Waals surface area contributed by atoms with Crippen LogP contribution in [0.15, 0.2) is 24.3 Å². The molecule has 0 unspecified atom stereocenters. The number of phenolic OH excluding ortho intramolecular Hbond substituents is 1. The molecule has 5 nitrogen and oxygen atoms in total. The Balaban J connectivity index is 3.16. The average Bonchev–Trinajstić information content (AvgIpc) is 2.17. The molecule has 0 heterocycles. The number of rotatable bonds is 3. The zero-order valence-electron chi connectivity index (χ0n) is 8.43. The van der Waals surface area contributed by atoms with Crippen LogP contribution in [0.5, 0.6) is 5.75 Å². The Morgan fingerprint density at radius 2 is 1.93 bits per heavy atom. The summed E-state index contributed by atoms with van der Waals surface area (Å²) in [5.41, 5.74) is -1.75. The number of aromatic hydroxyl groups is 1. The number of nitrogens with zero attached hydrogens (tertiary/aromatic N) is 1. The number of ketones is 1. The van der Waals surface area contributed by atoms with Gasteiger partial charge in [-0.2, -0.15) is 0 Å². The molecule has 0 aliphatic carbocycles. The summed E-state index contributed by atoms with van der Waals surface area (Å²) in [6.45, 7) is 2.42. The summed E-state index contributed by atoms with van der Waals surface area (Å²) in [4.78, 5) is 21.7. The lowest BCUT2D eigenvalue weighted by Gasteiger charge is -2.14. The molecule has 1 aromatic carbocycles. The third-order valence-corrected chi connectivity index (χ3v) is 2.16. The Morgan fingerprint density at radius 3 is 2.40 bits per heavy atom. The minimum atomic E-state index is -1.72. The number of Topliss-reactive ketones (excluding diaryl/α,β-unsaturated/α-hetero) is 1. The van der Waals surface area contributed by atoms with Crippen molar-refractivity contribution in [2.75, 3.05) is 0 Å². The van der Waals surface area contributed by atoms with E-state index in [4.69, 9.17) is 0 Å². The lowest BCUT2D eigenvalue weighted by molar-refractivity contribution is -0.540. The van der Waals surface area contributed by atoms with E-state index in [1.165, 1.54) is 26.0 Å². The first-order valence-electron chi connectivity index (χ1n) is 4.34. The summed E-state index contributed by atoms with van der Waals surface area (Å²) in [6.07, 6.45) is 0. The van der Waals surface area contributed by atoms with Gasteiger partial charge in [0.05, 0.1) is 5.56 Å². The fourth-order valence-electron chi connectivity index (χ4n) is 1.08. The smallest absolute Gasteiger partial charge is 0.278 e. The Hall–Kier alpha value is -1.91. The first-order valence-corrected chi connectivity index (χ1v) is 4.34. The molecule has 0 saturated heterocycles. The summed E-state index contributed by atoms with van der Waals surface area (Å²) >= 11 is 0. The molecule has 0 spiro atoms. The van der Waals surface area contributed by atoms with Crippen molar-refractivity contribution >= 4 is 5.78 Å². The molecule has 0 amide bonds. The van der Waals surface area contributed by atoms with Crippen LogP contribution < -0.4 is 0 Å². The molecule has 15 heavy (non-hydrogen) atoms. The highest BCUT2D eigenvalue weighted by Gasteiger charge is 2.41. The predicted octanol–water partition coefficient (Wildman–Crippen LogP) is 1.63. The maximum absolute atomic E-state index is 11.7. The van der Waals surface area contributed by atoms with Crippen molar-refractivity contribution in [2.45, 2.75) is 19.4 Å². The molecule has 0 fully saturated rings. The third-order valence-electron chi connectivity index (χ3n) is 2.16. The molecule has 0 aliphatic rings. The highest BCUT2D eigenvalue weighted by molar-refractivity contribution is 6.03. The summed E-state index contributed by atoms with van der Waals surface area (Å²) in [5.74, 6) is -0.942. The molecule has 0 aromatic heterocycles. The van der Waals surface area contributed by atoms with E-state index in [0.29, 0.717) is 0 Å². The van der Waals surface area contributed by atoms with Gasteiger partial charge < -0.3 is 5.11 Å². The molecule has 0 saturated carbocycles. The van der Waals surface area contributed by atoms with Gasteiger partial charge in [-0.05, 0) is 12.1 Å². The summed E-state index contributed by atoms with van der Waals surface area (Å²) in [5, 5.41) is 20.0. The number of hydrogen-bond donors (Lipinski definition) is 1. The number of nitro groups is 1. The molecule has 0 atom stereocenters. The Kier molecular flexibility index (Phi) is 2.74. The van der Waals surface area contributed by atoms with Crippen LogP contribution in [-0.2, 0) is 0 Å². The van der Waals surface area contributed by atoms with Crippen LogP contribution in [0.4, 0.5) is 0 Å². The van der Waals surface area contributed by atoms with Gasteiger partial charge in [0.15, 0.2) is 0 Å². The lowest BCUT2D eigenvalue weighted by Crippen LogP contribution is -2.40. The number of carbonyl (C=O) groups excluding carboxylic acids is 1. The van der Waals surface area contributed by atoms with Gasteiger partial charge in [0, 0.05) is 18.8 Å². The summed E-state index contributed by atoms with van der Waals surface area (Å²) < 4.78 is 0. The standard InChI is InChI=1S/C10H11NO4/c1-10(2,11(14)15)9(13)7-5-3-4-6-8(7)12/h3-6,12H,1-2H3. The Bertz CT molecular complexity index is 412. The van der Waals surface area contributed by atoms with E-state index in [2.05, 4.69) is 0 Å². The first kappa shape index (κ1) is 11.2. The number of para-hydroxylation sites is 1. The Labute approximate surface area is 86.5 Å². The van der Waals surface area contributed by atoms with Gasteiger partial charge >= 0.3 is 0 Å². The second-order valence-electron chi connectivity index (χ2n) is 3.66. The predicted molar refractivity (Wildman–Crippen MR) is 53.5 cm³/mol. The van der Waals surface area contributed by atoms with E-state index < -0.39 is 16.2 Å². The lowest BCUT2D eigenvalue weighted by atomic mass is 9.93. The van der Waals surface area contributed by atoms with E-state index in [9.17, 15) is 20.0 Å². The topological polar surface area (TPSA) is 80.4 Å². The highest BCUT2D eigenvalue weighted by atomic mass is 16.6. The third kappa shape index (κ3) is 1.96. The second kappa shape index (κ2) is 3.68. The fourth-order valence-corrected chi connectivity index (χ4v) is 1.08. The van der Waals surface area contributed by atoms with Crippen LogP contribution in [-0.4, -0.2) is 21.4 Å². The Morgan fingerprint density at radius 1 is 1.40 bits per heavy atom. The summed E-state index contributed by atoms with van der Waals surface area (Å²) in [7, 11) is 0. The number of carbonyl (C=O) groups is 1. The van der Waals surface area contributed by atoms with E-state index in [1.54, 1.807) is 12.1 Å². The van der Waals surface area contributed by atoms with Gasteiger partial charge in [0.1, 0.15) is 5.75 Å². The molecule has 5 heteroatoms. The largest absolute Gasteiger partial charge is 0.507 e. The minimum Gasteiger partial charge on any atom is -0.507 e. The van der Waals surface area contributed by atoms with Crippen LogP contribution >= 0.6 is 0 Å². The second-order valence-corrected chi connectivity index (χ2v) is 3.66. The highest BCUT2D eigenvalue weighted by Crippen LogP contribution is 2.23. The number of hydrogen-bond acceptors (Lipinski definition) is 4. The van der Waals surface area contributed by atoms with Gasteiger partial charge in [-0.25, -0.2) is 0 Å². The maximum Gasteiger partial charge on any atom is 0.278 e. The molecular formula is C10H11NO4. The van der Waals surface area contributed by atoms with Crippen LogP contribution in [0.1, 0.15) is 24.2 Å². The SMILES string of the molecule is CC(C)(C(=O)c1ccccc1O)[N+](=O)[O-]. The zero-order valence-corrected chi connectivity index (χ0v) is 8.43. The van der Waals surface area contributed by atoms with Crippen molar-refractivity contribution < 1.29 is 14.8 Å². The van der Waals surface area contributed by atoms with Gasteiger partial charge in [-0.1, -0.05) is 12.1 Å². The van der Waals surface area contributed by atoms with Crippen molar-refractivity contribution in [3.05, 3.63) is 39.9 Å². The van der Waals surface area contributed by atoms with Crippen LogP contribution in [0.25, 0.3) is 0 Å². The van der Waals surface area contributed by atoms with Crippen molar-refractivity contribution in [1.82, 2.24) is 0 Å². The molecule has 1 rings (SSSR count). The number of phenols is 1. The zero-order chi connectivity index (χ0) is 11.6. The first-order chi connectivity index (χ1) is 6.87. The maximum atomic E-state index is 11.7. The molecule has 0 bridgehead atoms. The molecule has 1 N–H and O–H groups in total. The molecule has 80 valence electrons. The molecule has 0 radical (unpaired) electrons. The van der Waals surface area contributed by atoms with Crippen molar-refractivity contribution in [3.63, 3.8) is 0 Å². The van der Waals surface area contributed by atoms with Gasteiger partial charge in [-0.15, -0.1) is 0 Å². The van der Waals surface area contributed by atoms with E-state index in [0.717, 1.165) is 0 Å². The molecule has 1 aromatic rings. The van der Waals surface area contributed by atoms with E-state index in [1.807, 2.05) is 0 Å². The minimum absolute atomic E-state index is 0.0285. The van der Waals surface area contributed by atoms with Crippen LogP contribution in [0.2, 0.25) is 0 Å². The van der Waals surface area contributed by atoms with Crippen LogP contribution in [0, 0.1) is 10.1 Å². The fraction of sp³-hybridized carbons (Fsp3) is 0.300. The normalized spacial score (nSPS) is 11.1. The average molecular weight is 209 g/mol.